The first kappa shape index (κ1) is 12.6. The van der Waals surface area contributed by atoms with Crippen LogP contribution in [0.25, 0.3) is 11.4 Å². The van der Waals surface area contributed by atoms with Gasteiger partial charge in [-0.15, -0.1) is 0 Å². The van der Waals surface area contributed by atoms with Crippen molar-refractivity contribution in [2.24, 2.45) is 5.92 Å². The van der Waals surface area contributed by atoms with E-state index < -0.39 is 0 Å². The maximum absolute atomic E-state index is 5.88. The molecule has 2 aromatic heterocycles. The molecule has 100 valence electrons. The highest BCUT2D eigenvalue weighted by molar-refractivity contribution is 6.29. The lowest BCUT2D eigenvalue weighted by Crippen LogP contribution is -2.21. The predicted molar refractivity (Wildman–Crippen MR) is 71.7 cm³/mol. The van der Waals surface area contributed by atoms with Crippen molar-refractivity contribution in [3.8, 4) is 11.4 Å². The molecule has 1 aliphatic rings. The van der Waals surface area contributed by atoms with Crippen molar-refractivity contribution >= 4 is 11.6 Å². The number of oxazole rings is 1. The quantitative estimate of drug-likeness (QED) is 0.852. The van der Waals surface area contributed by atoms with Gasteiger partial charge in [0, 0.05) is 6.07 Å². The molecule has 1 aliphatic carbocycles. The Hall–Kier alpha value is -1.46. The molecule has 2 aromatic rings. The fourth-order valence-corrected chi connectivity index (χ4v) is 2.12. The van der Waals surface area contributed by atoms with Crippen LogP contribution in [0.15, 0.2) is 23.2 Å². The highest BCUT2D eigenvalue weighted by Gasteiger charge is 2.24. The minimum atomic E-state index is 0.104. The Bertz CT molecular complexity index is 567. The average Bonchev–Trinajstić information content (AvgIpc) is 3.10. The maximum Gasteiger partial charge on any atom is 0.181 e. The summed E-state index contributed by atoms with van der Waals surface area (Å²) in [5, 5.41) is 3.86. The van der Waals surface area contributed by atoms with Gasteiger partial charge in [-0.3, -0.25) is 0 Å². The van der Waals surface area contributed by atoms with Crippen LogP contribution in [0.2, 0.25) is 5.15 Å². The van der Waals surface area contributed by atoms with Crippen molar-refractivity contribution in [1.29, 1.82) is 0 Å². The summed E-state index contributed by atoms with van der Waals surface area (Å²) >= 11 is 5.88. The molecule has 6 heteroatoms. The Morgan fingerprint density at radius 2 is 2.26 bits per heavy atom. The van der Waals surface area contributed by atoms with Crippen molar-refractivity contribution < 1.29 is 4.42 Å². The summed E-state index contributed by atoms with van der Waals surface area (Å²) in [6.45, 7) is 3.08. The molecule has 0 radical (unpaired) electrons. The van der Waals surface area contributed by atoms with Crippen LogP contribution in [0.3, 0.4) is 0 Å². The predicted octanol–water partition coefficient (Wildman–Crippen LogP) is 2.85. The molecule has 1 fully saturated rings. The molecule has 0 aromatic carbocycles. The third-order valence-electron chi connectivity index (χ3n) is 3.27. The zero-order chi connectivity index (χ0) is 13.2. The molecule has 0 amide bonds. The first-order valence-corrected chi connectivity index (χ1v) is 6.76. The number of aromatic nitrogens is 3. The smallest absolute Gasteiger partial charge is 0.181 e. The third kappa shape index (κ3) is 2.93. The molecule has 0 spiro atoms. The second-order valence-corrected chi connectivity index (χ2v) is 5.25. The Balaban J connectivity index is 1.80. The molecular weight excluding hydrogens is 264 g/mol. The van der Waals surface area contributed by atoms with Gasteiger partial charge in [-0.25, -0.2) is 15.0 Å². The Kier molecular flexibility index (Phi) is 3.48. The van der Waals surface area contributed by atoms with Gasteiger partial charge in [-0.1, -0.05) is 11.6 Å². The standard InChI is InChI=1S/C13H15ClN4O/c1-8(15-5-9-2-3-9)13-12(18-7-19-13)10-4-11(14)17-6-16-10/h4,6-9,15H,2-3,5H2,1H3. The Morgan fingerprint density at radius 3 is 3.00 bits per heavy atom. The summed E-state index contributed by atoms with van der Waals surface area (Å²) in [5.41, 5.74) is 1.41. The number of hydrogen-bond donors (Lipinski definition) is 1. The number of nitrogens with one attached hydrogen (secondary N) is 1. The molecule has 1 saturated carbocycles. The van der Waals surface area contributed by atoms with Gasteiger partial charge in [-0.2, -0.15) is 0 Å². The van der Waals surface area contributed by atoms with Crippen LogP contribution < -0.4 is 5.32 Å². The number of nitrogens with zero attached hydrogens (tertiary/aromatic N) is 3. The van der Waals surface area contributed by atoms with Crippen molar-refractivity contribution in [2.45, 2.75) is 25.8 Å². The van der Waals surface area contributed by atoms with Crippen LogP contribution in [-0.2, 0) is 0 Å². The lowest BCUT2D eigenvalue weighted by Gasteiger charge is -2.11. The molecule has 3 rings (SSSR count). The summed E-state index contributed by atoms with van der Waals surface area (Å²) < 4.78 is 5.50. The molecule has 5 nitrogen and oxygen atoms in total. The summed E-state index contributed by atoms with van der Waals surface area (Å²) in [6, 6.07) is 1.79. The van der Waals surface area contributed by atoms with E-state index in [1.165, 1.54) is 25.6 Å². The minimum Gasteiger partial charge on any atom is -0.446 e. The SMILES string of the molecule is CC(NCC1CC1)c1ocnc1-c1cc(Cl)ncn1. The second kappa shape index (κ2) is 5.27. The second-order valence-electron chi connectivity index (χ2n) is 4.86. The molecule has 2 heterocycles. The van der Waals surface area contributed by atoms with E-state index in [1.54, 1.807) is 6.07 Å². The van der Waals surface area contributed by atoms with Gasteiger partial charge >= 0.3 is 0 Å². The zero-order valence-electron chi connectivity index (χ0n) is 10.6. The third-order valence-corrected chi connectivity index (χ3v) is 3.48. The van der Waals surface area contributed by atoms with Gasteiger partial charge in [0.25, 0.3) is 0 Å². The highest BCUT2D eigenvalue weighted by atomic mass is 35.5. The average molecular weight is 279 g/mol. The van der Waals surface area contributed by atoms with Gasteiger partial charge in [0.2, 0.25) is 0 Å². The zero-order valence-corrected chi connectivity index (χ0v) is 11.4. The fourth-order valence-electron chi connectivity index (χ4n) is 1.98. The van der Waals surface area contributed by atoms with Crippen LogP contribution in [0.1, 0.15) is 31.6 Å². The largest absolute Gasteiger partial charge is 0.446 e. The summed E-state index contributed by atoms with van der Waals surface area (Å²) in [5.74, 6) is 1.61. The van der Waals surface area contributed by atoms with Gasteiger partial charge in [0.05, 0.1) is 11.7 Å². The van der Waals surface area contributed by atoms with E-state index in [4.69, 9.17) is 16.0 Å². The molecular formula is C13H15ClN4O. The van der Waals surface area contributed by atoms with Crippen LogP contribution >= 0.6 is 11.6 Å². The number of halogens is 1. The minimum absolute atomic E-state index is 0.104. The summed E-state index contributed by atoms with van der Waals surface area (Å²) in [6.07, 6.45) is 5.52. The number of hydrogen-bond acceptors (Lipinski definition) is 5. The maximum atomic E-state index is 5.88. The lowest BCUT2D eigenvalue weighted by molar-refractivity contribution is 0.425. The van der Waals surface area contributed by atoms with E-state index >= 15 is 0 Å². The number of rotatable bonds is 5. The van der Waals surface area contributed by atoms with E-state index in [9.17, 15) is 0 Å². The van der Waals surface area contributed by atoms with E-state index in [0.717, 1.165) is 23.9 Å². The van der Waals surface area contributed by atoms with E-state index in [0.29, 0.717) is 10.8 Å². The molecule has 1 atom stereocenters. The van der Waals surface area contributed by atoms with E-state index in [-0.39, 0.29) is 6.04 Å². The molecule has 0 aliphatic heterocycles. The Morgan fingerprint density at radius 1 is 1.42 bits per heavy atom. The van der Waals surface area contributed by atoms with Gasteiger partial charge < -0.3 is 9.73 Å². The van der Waals surface area contributed by atoms with Gasteiger partial charge in [0.15, 0.2) is 6.39 Å². The monoisotopic (exact) mass is 278 g/mol. The van der Waals surface area contributed by atoms with Crippen LogP contribution in [-0.4, -0.2) is 21.5 Å². The van der Waals surface area contributed by atoms with Crippen molar-refractivity contribution in [3.05, 3.63) is 29.7 Å². The topological polar surface area (TPSA) is 63.8 Å². The van der Waals surface area contributed by atoms with Crippen molar-refractivity contribution in [2.75, 3.05) is 6.54 Å². The fraction of sp³-hybridized carbons (Fsp3) is 0.462. The van der Waals surface area contributed by atoms with Crippen LogP contribution in [0.5, 0.6) is 0 Å². The first-order chi connectivity index (χ1) is 9.24. The van der Waals surface area contributed by atoms with Gasteiger partial charge in [0.1, 0.15) is 22.9 Å². The van der Waals surface area contributed by atoms with Crippen LogP contribution in [0.4, 0.5) is 0 Å². The summed E-state index contributed by atoms with van der Waals surface area (Å²) in [7, 11) is 0. The van der Waals surface area contributed by atoms with E-state index in [2.05, 4.69) is 27.2 Å². The van der Waals surface area contributed by atoms with Crippen molar-refractivity contribution in [3.63, 3.8) is 0 Å². The van der Waals surface area contributed by atoms with Crippen LogP contribution in [0, 0.1) is 5.92 Å². The normalized spacial score (nSPS) is 16.5. The van der Waals surface area contributed by atoms with E-state index in [1.807, 2.05) is 0 Å². The van der Waals surface area contributed by atoms with Gasteiger partial charge in [-0.05, 0) is 32.2 Å². The molecule has 19 heavy (non-hydrogen) atoms. The molecule has 0 saturated heterocycles. The Labute approximate surface area is 116 Å². The first-order valence-electron chi connectivity index (χ1n) is 6.38. The highest BCUT2D eigenvalue weighted by Crippen LogP contribution is 2.30. The van der Waals surface area contributed by atoms with Crippen molar-refractivity contribution in [1.82, 2.24) is 20.3 Å². The lowest BCUT2D eigenvalue weighted by atomic mass is 10.1. The molecule has 0 bridgehead atoms. The molecule has 1 unspecified atom stereocenters. The molecule has 1 N–H and O–H groups in total. The summed E-state index contributed by atoms with van der Waals surface area (Å²) in [4.78, 5) is 12.3.